The molecular formula is C19H22N2OS. The molecule has 1 amide bonds. The van der Waals surface area contributed by atoms with Crippen LogP contribution in [0.15, 0.2) is 59.5 Å². The maximum absolute atomic E-state index is 12.5. The Bertz CT molecular complexity index is 653. The lowest BCUT2D eigenvalue weighted by Crippen LogP contribution is -2.25. The van der Waals surface area contributed by atoms with Crippen molar-refractivity contribution in [2.24, 2.45) is 0 Å². The van der Waals surface area contributed by atoms with Gasteiger partial charge < -0.3 is 10.2 Å². The van der Waals surface area contributed by atoms with Gasteiger partial charge in [0.1, 0.15) is 0 Å². The molecule has 1 aliphatic rings. The van der Waals surface area contributed by atoms with Gasteiger partial charge in [-0.15, -0.1) is 11.8 Å². The van der Waals surface area contributed by atoms with Gasteiger partial charge in [0.05, 0.1) is 16.6 Å². The highest BCUT2D eigenvalue weighted by Gasteiger charge is 2.19. The van der Waals surface area contributed by atoms with Gasteiger partial charge in [-0.05, 0) is 44.0 Å². The van der Waals surface area contributed by atoms with E-state index in [0.29, 0.717) is 0 Å². The number of anilines is 2. The van der Waals surface area contributed by atoms with E-state index in [1.165, 1.54) is 12.8 Å². The number of amides is 1. The van der Waals surface area contributed by atoms with Crippen LogP contribution in [0.2, 0.25) is 0 Å². The molecule has 0 aromatic heterocycles. The van der Waals surface area contributed by atoms with Crippen molar-refractivity contribution in [3.63, 3.8) is 0 Å². The van der Waals surface area contributed by atoms with E-state index in [0.717, 1.165) is 29.4 Å². The van der Waals surface area contributed by atoms with Gasteiger partial charge in [-0.2, -0.15) is 0 Å². The SMILES string of the molecule is CC(Sc1ccccc1)C(=O)Nc1ccccc1N1CCCC1. The van der Waals surface area contributed by atoms with E-state index in [9.17, 15) is 4.79 Å². The molecule has 1 saturated heterocycles. The maximum Gasteiger partial charge on any atom is 0.237 e. The van der Waals surface area contributed by atoms with Crippen molar-refractivity contribution >= 4 is 29.0 Å². The third-order valence-corrected chi connectivity index (χ3v) is 5.15. The molecule has 0 spiro atoms. The topological polar surface area (TPSA) is 32.3 Å². The zero-order valence-corrected chi connectivity index (χ0v) is 14.2. The minimum atomic E-state index is -0.135. The van der Waals surface area contributed by atoms with Crippen LogP contribution in [0.25, 0.3) is 0 Å². The third-order valence-electron chi connectivity index (χ3n) is 4.03. The van der Waals surface area contributed by atoms with E-state index in [1.807, 2.05) is 55.5 Å². The number of thioether (sulfide) groups is 1. The second-order valence-corrected chi connectivity index (χ2v) is 7.19. The van der Waals surface area contributed by atoms with E-state index >= 15 is 0 Å². The molecular weight excluding hydrogens is 304 g/mol. The molecule has 4 heteroatoms. The second-order valence-electron chi connectivity index (χ2n) is 5.77. The molecule has 3 rings (SSSR count). The van der Waals surface area contributed by atoms with E-state index in [1.54, 1.807) is 11.8 Å². The quantitative estimate of drug-likeness (QED) is 0.826. The van der Waals surface area contributed by atoms with Crippen LogP contribution in [0.5, 0.6) is 0 Å². The molecule has 120 valence electrons. The fourth-order valence-electron chi connectivity index (χ4n) is 2.80. The van der Waals surface area contributed by atoms with E-state index in [-0.39, 0.29) is 11.2 Å². The molecule has 0 bridgehead atoms. The second kappa shape index (κ2) is 7.55. The number of carbonyl (C=O) groups is 1. The zero-order chi connectivity index (χ0) is 16.1. The first kappa shape index (κ1) is 15.9. The van der Waals surface area contributed by atoms with Crippen LogP contribution in [-0.4, -0.2) is 24.2 Å². The standard InChI is InChI=1S/C19H22N2OS/c1-15(23-16-9-3-2-4-10-16)19(22)20-17-11-5-6-12-18(17)21-13-7-8-14-21/h2-6,9-12,15H,7-8,13-14H2,1H3,(H,20,22). The average molecular weight is 326 g/mol. The molecule has 0 radical (unpaired) electrons. The number of benzene rings is 2. The zero-order valence-electron chi connectivity index (χ0n) is 13.4. The first-order valence-corrected chi connectivity index (χ1v) is 8.98. The first-order valence-electron chi connectivity index (χ1n) is 8.10. The van der Waals surface area contributed by atoms with Crippen molar-refractivity contribution < 1.29 is 4.79 Å². The molecule has 1 heterocycles. The summed E-state index contributed by atoms with van der Waals surface area (Å²) in [5.74, 6) is 0.0468. The summed E-state index contributed by atoms with van der Waals surface area (Å²) in [7, 11) is 0. The lowest BCUT2D eigenvalue weighted by Gasteiger charge is -2.22. The monoisotopic (exact) mass is 326 g/mol. The number of rotatable bonds is 5. The van der Waals surface area contributed by atoms with Crippen molar-refractivity contribution in [3.8, 4) is 0 Å². The molecule has 0 saturated carbocycles. The van der Waals surface area contributed by atoms with Gasteiger partial charge in [0.2, 0.25) is 5.91 Å². The number of nitrogens with one attached hydrogen (secondary N) is 1. The largest absolute Gasteiger partial charge is 0.370 e. The summed E-state index contributed by atoms with van der Waals surface area (Å²) in [5.41, 5.74) is 2.05. The summed E-state index contributed by atoms with van der Waals surface area (Å²) >= 11 is 1.58. The van der Waals surface area contributed by atoms with Crippen LogP contribution in [0.3, 0.4) is 0 Å². The summed E-state index contributed by atoms with van der Waals surface area (Å²) in [4.78, 5) is 16.0. The van der Waals surface area contributed by atoms with Crippen molar-refractivity contribution in [1.82, 2.24) is 0 Å². The van der Waals surface area contributed by atoms with Crippen LogP contribution < -0.4 is 10.2 Å². The highest BCUT2D eigenvalue weighted by molar-refractivity contribution is 8.00. The van der Waals surface area contributed by atoms with Gasteiger partial charge in [0.15, 0.2) is 0 Å². The van der Waals surface area contributed by atoms with Gasteiger partial charge in [0, 0.05) is 18.0 Å². The molecule has 1 aliphatic heterocycles. The Kier molecular flexibility index (Phi) is 5.23. The van der Waals surface area contributed by atoms with E-state index < -0.39 is 0 Å². The van der Waals surface area contributed by atoms with E-state index in [2.05, 4.69) is 16.3 Å². The molecule has 1 atom stereocenters. The minimum Gasteiger partial charge on any atom is -0.370 e. The predicted octanol–water partition coefficient (Wildman–Crippen LogP) is 4.41. The Labute approximate surface area is 142 Å². The molecule has 0 aliphatic carbocycles. The predicted molar refractivity (Wildman–Crippen MR) is 98.3 cm³/mol. The number of carbonyl (C=O) groups excluding carboxylic acids is 1. The van der Waals surface area contributed by atoms with Crippen molar-refractivity contribution in [2.45, 2.75) is 29.9 Å². The number of hydrogen-bond acceptors (Lipinski definition) is 3. The van der Waals surface area contributed by atoms with Gasteiger partial charge >= 0.3 is 0 Å². The Morgan fingerprint density at radius 2 is 1.70 bits per heavy atom. The molecule has 1 fully saturated rings. The van der Waals surface area contributed by atoms with Gasteiger partial charge in [0.25, 0.3) is 0 Å². The van der Waals surface area contributed by atoms with Crippen LogP contribution in [0.1, 0.15) is 19.8 Å². The highest BCUT2D eigenvalue weighted by Crippen LogP contribution is 2.30. The highest BCUT2D eigenvalue weighted by atomic mass is 32.2. The maximum atomic E-state index is 12.5. The van der Waals surface area contributed by atoms with Crippen LogP contribution in [0.4, 0.5) is 11.4 Å². The van der Waals surface area contributed by atoms with Crippen molar-refractivity contribution in [1.29, 1.82) is 0 Å². The number of hydrogen-bond donors (Lipinski definition) is 1. The fourth-order valence-corrected chi connectivity index (χ4v) is 3.69. The summed E-state index contributed by atoms with van der Waals surface area (Å²) in [5, 5.41) is 2.97. The van der Waals surface area contributed by atoms with Crippen LogP contribution in [0, 0.1) is 0 Å². The smallest absolute Gasteiger partial charge is 0.237 e. The molecule has 3 nitrogen and oxygen atoms in total. The van der Waals surface area contributed by atoms with Crippen LogP contribution in [-0.2, 0) is 4.79 Å². The molecule has 1 N–H and O–H groups in total. The van der Waals surface area contributed by atoms with E-state index in [4.69, 9.17) is 0 Å². The van der Waals surface area contributed by atoms with Crippen LogP contribution >= 0.6 is 11.8 Å². The van der Waals surface area contributed by atoms with Gasteiger partial charge in [-0.25, -0.2) is 0 Å². The number of para-hydroxylation sites is 2. The normalized spacial score (nSPS) is 15.4. The Morgan fingerprint density at radius 1 is 1.04 bits per heavy atom. The molecule has 23 heavy (non-hydrogen) atoms. The minimum absolute atomic E-state index is 0.0468. The lowest BCUT2D eigenvalue weighted by molar-refractivity contribution is -0.115. The summed E-state index contributed by atoms with van der Waals surface area (Å²) in [6, 6.07) is 18.1. The van der Waals surface area contributed by atoms with Crippen molar-refractivity contribution in [3.05, 3.63) is 54.6 Å². The Balaban J connectivity index is 1.68. The lowest BCUT2D eigenvalue weighted by atomic mass is 10.2. The molecule has 1 unspecified atom stereocenters. The summed E-state index contributed by atoms with van der Waals surface area (Å²) < 4.78 is 0. The molecule has 2 aromatic rings. The number of nitrogens with zero attached hydrogens (tertiary/aromatic N) is 1. The Hall–Kier alpha value is -1.94. The Morgan fingerprint density at radius 3 is 2.43 bits per heavy atom. The first-order chi connectivity index (χ1) is 11.2. The van der Waals surface area contributed by atoms with Crippen molar-refractivity contribution in [2.75, 3.05) is 23.3 Å². The fraction of sp³-hybridized carbons (Fsp3) is 0.316. The summed E-state index contributed by atoms with van der Waals surface area (Å²) in [6.45, 7) is 4.09. The third kappa shape index (κ3) is 4.08. The van der Waals surface area contributed by atoms with Gasteiger partial charge in [-0.3, -0.25) is 4.79 Å². The average Bonchev–Trinajstić information content (AvgIpc) is 3.10. The summed E-state index contributed by atoms with van der Waals surface area (Å²) in [6.07, 6.45) is 2.45. The van der Waals surface area contributed by atoms with Gasteiger partial charge in [-0.1, -0.05) is 30.3 Å². The molecule has 2 aromatic carbocycles.